The topological polar surface area (TPSA) is 68.3 Å². The van der Waals surface area contributed by atoms with Crippen LogP contribution in [-0.4, -0.2) is 23.5 Å². The van der Waals surface area contributed by atoms with Crippen LogP contribution in [0.3, 0.4) is 0 Å². The zero-order valence-corrected chi connectivity index (χ0v) is 17.2. The molecule has 1 amide bonds. The molecular weight excluding hydrogens is 396 g/mol. The molecule has 5 nitrogen and oxygen atoms in total. The predicted molar refractivity (Wildman–Crippen MR) is 120 cm³/mol. The maximum Gasteiger partial charge on any atom is 0.339 e. The number of carbonyl (C=O) groups is 2. The highest BCUT2D eigenvalue weighted by molar-refractivity contribution is 7.21. The molecule has 4 rings (SSSR count). The lowest BCUT2D eigenvalue weighted by atomic mass is 10.1. The van der Waals surface area contributed by atoms with Crippen molar-refractivity contribution >= 4 is 39.1 Å². The maximum absolute atomic E-state index is 12.7. The summed E-state index contributed by atoms with van der Waals surface area (Å²) in [6.45, 7) is 1.66. The third-order valence-electron chi connectivity index (χ3n) is 4.68. The average molecular weight is 417 g/mol. The van der Waals surface area contributed by atoms with E-state index in [0.29, 0.717) is 11.1 Å². The standard InChI is InChI=1S/C24H20N2O3S/c1-2-16-9-3-6-12-19(16)25-22(27)15-29-24(28)18-11-5-4-10-17(18)23-26-20-13-7-8-14-21(20)30-23/h3-14H,2,15H2,1H3,(H,25,27). The van der Waals surface area contributed by atoms with E-state index < -0.39 is 5.97 Å². The summed E-state index contributed by atoms with van der Waals surface area (Å²) in [5.41, 5.74) is 3.72. The van der Waals surface area contributed by atoms with Crippen molar-refractivity contribution in [2.24, 2.45) is 0 Å². The van der Waals surface area contributed by atoms with Gasteiger partial charge in [-0.25, -0.2) is 9.78 Å². The van der Waals surface area contributed by atoms with Gasteiger partial charge in [-0.05, 0) is 36.2 Å². The van der Waals surface area contributed by atoms with Crippen LogP contribution in [0.15, 0.2) is 72.8 Å². The fourth-order valence-corrected chi connectivity index (χ4v) is 4.19. The molecule has 30 heavy (non-hydrogen) atoms. The van der Waals surface area contributed by atoms with Crippen LogP contribution in [0.25, 0.3) is 20.8 Å². The van der Waals surface area contributed by atoms with Gasteiger partial charge < -0.3 is 10.1 Å². The molecular formula is C24H20N2O3S. The van der Waals surface area contributed by atoms with Gasteiger partial charge in [0.2, 0.25) is 0 Å². The molecule has 0 fully saturated rings. The molecule has 0 aliphatic heterocycles. The lowest BCUT2D eigenvalue weighted by Gasteiger charge is -2.11. The van der Waals surface area contributed by atoms with Crippen molar-refractivity contribution in [3.8, 4) is 10.6 Å². The minimum absolute atomic E-state index is 0.356. The molecule has 0 atom stereocenters. The molecule has 150 valence electrons. The second-order valence-electron chi connectivity index (χ2n) is 6.67. The number of aromatic nitrogens is 1. The quantitative estimate of drug-likeness (QED) is 0.432. The number of rotatable bonds is 6. The first kappa shape index (κ1) is 19.8. The van der Waals surface area contributed by atoms with Gasteiger partial charge in [0, 0.05) is 11.3 Å². The van der Waals surface area contributed by atoms with Crippen molar-refractivity contribution in [2.45, 2.75) is 13.3 Å². The monoisotopic (exact) mass is 416 g/mol. The van der Waals surface area contributed by atoms with E-state index in [4.69, 9.17) is 4.74 Å². The van der Waals surface area contributed by atoms with Crippen molar-refractivity contribution in [1.82, 2.24) is 4.98 Å². The van der Waals surface area contributed by atoms with Crippen molar-refractivity contribution < 1.29 is 14.3 Å². The van der Waals surface area contributed by atoms with E-state index in [1.807, 2.05) is 67.6 Å². The maximum atomic E-state index is 12.7. The molecule has 0 bridgehead atoms. The van der Waals surface area contributed by atoms with E-state index in [-0.39, 0.29) is 12.5 Å². The third-order valence-corrected chi connectivity index (χ3v) is 5.75. The highest BCUT2D eigenvalue weighted by Gasteiger charge is 2.18. The number of nitrogens with zero attached hydrogens (tertiary/aromatic N) is 1. The SMILES string of the molecule is CCc1ccccc1NC(=O)COC(=O)c1ccccc1-c1nc2ccccc2s1. The van der Waals surface area contributed by atoms with Crippen LogP contribution >= 0.6 is 11.3 Å². The normalized spacial score (nSPS) is 10.7. The van der Waals surface area contributed by atoms with Crippen molar-refractivity contribution in [3.63, 3.8) is 0 Å². The van der Waals surface area contributed by atoms with E-state index in [9.17, 15) is 9.59 Å². The second-order valence-corrected chi connectivity index (χ2v) is 7.70. The summed E-state index contributed by atoms with van der Waals surface area (Å²) in [5, 5.41) is 3.55. The number of hydrogen-bond donors (Lipinski definition) is 1. The first-order valence-corrected chi connectivity index (χ1v) is 10.5. The van der Waals surface area contributed by atoms with Crippen LogP contribution in [0.1, 0.15) is 22.8 Å². The largest absolute Gasteiger partial charge is 0.452 e. The van der Waals surface area contributed by atoms with Gasteiger partial charge in [0.25, 0.3) is 5.91 Å². The van der Waals surface area contributed by atoms with Crippen molar-refractivity contribution in [2.75, 3.05) is 11.9 Å². The van der Waals surface area contributed by atoms with Crippen LogP contribution in [-0.2, 0) is 16.0 Å². The van der Waals surface area contributed by atoms with Crippen LogP contribution in [0.2, 0.25) is 0 Å². The van der Waals surface area contributed by atoms with E-state index in [0.717, 1.165) is 32.9 Å². The molecule has 0 saturated heterocycles. The van der Waals surface area contributed by atoms with Crippen LogP contribution in [0.4, 0.5) is 5.69 Å². The van der Waals surface area contributed by atoms with Crippen molar-refractivity contribution in [1.29, 1.82) is 0 Å². The second kappa shape index (κ2) is 8.88. The molecule has 3 aromatic carbocycles. The number of nitrogens with one attached hydrogen (secondary N) is 1. The summed E-state index contributed by atoms with van der Waals surface area (Å²) in [7, 11) is 0. The van der Waals surface area contributed by atoms with Crippen LogP contribution < -0.4 is 5.32 Å². The molecule has 1 N–H and O–H groups in total. The van der Waals surface area contributed by atoms with Gasteiger partial charge in [-0.2, -0.15) is 0 Å². The summed E-state index contributed by atoms with van der Waals surface area (Å²) < 4.78 is 6.34. The first-order valence-electron chi connectivity index (χ1n) is 9.65. The zero-order valence-electron chi connectivity index (χ0n) is 16.4. The van der Waals surface area contributed by atoms with Crippen LogP contribution in [0.5, 0.6) is 0 Å². The minimum atomic E-state index is -0.552. The van der Waals surface area contributed by atoms with Gasteiger partial charge in [-0.15, -0.1) is 11.3 Å². The Morgan fingerprint density at radius 2 is 1.70 bits per heavy atom. The smallest absolute Gasteiger partial charge is 0.339 e. The minimum Gasteiger partial charge on any atom is -0.452 e. The average Bonchev–Trinajstić information content (AvgIpc) is 3.22. The summed E-state index contributed by atoms with van der Waals surface area (Å²) >= 11 is 1.51. The number of para-hydroxylation sites is 2. The molecule has 1 aromatic heterocycles. The number of ether oxygens (including phenoxy) is 1. The van der Waals surface area contributed by atoms with Gasteiger partial charge in [0.05, 0.1) is 15.8 Å². The highest BCUT2D eigenvalue weighted by Crippen LogP contribution is 2.32. The van der Waals surface area contributed by atoms with E-state index in [1.54, 1.807) is 12.1 Å². The number of thiazole rings is 1. The Morgan fingerprint density at radius 1 is 0.967 bits per heavy atom. The molecule has 0 spiro atoms. The Hall–Kier alpha value is -3.51. The van der Waals surface area contributed by atoms with E-state index in [2.05, 4.69) is 10.3 Å². The Morgan fingerprint density at radius 3 is 2.53 bits per heavy atom. The molecule has 0 saturated carbocycles. The summed E-state index contributed by atoms with van der Waals surface area (Å²) in [4.78, 5) is 29.6. The van der Waals surface area contributed by atoms with Gasteiger partial charge >= 0.3 is 5.97 Å². The van der Waals surface area contributed by atoms with Gasteiger partial charge in [0.15, 0.2) is 6.61 Å². The lowest BCUT2D eigenvalue weighted by molar-refractivity contribution is -0.119. The Bertz CT molecular complexity index is 1180. The molecule has 0 radical (unpaired) electrons. The number of aryl methyl sites for hydroxylation is 1. The Labute approximate surface area is 178 Å². The van der Waals surface area contributed by atoms with Crippen LogP contribution in [0, 0.1) is 0 Å². The summed E-state index contributed by atoms with van der Waals surface area (Å²) in [5.74, 6) is -0.925. The van der Waals surface area contributed by atoms with Gasteiger partial charge in [0.1, 0.15) is 5.01 Å². The molecule has 4 aromatic rings. The fourth-order valence-electron chi connectivity index (χ4n) is 3.18. The molecule has 6 heteroatoms. The first-order chi connectivity index (χ1) is 14.7. The number of fused-ring (bicyclic) bond motifs is 1. The van der Waals surface area contributed by atoms with E-state index in [1.165, 1.54) is 11.3 Å². The fraction of sp³-hybridized carbons (Fsp3) is 0.125. The summed E-state index contributed by atoms with van der Waals surface area (Å²) in [6.07, 6.45) is 0.797. The van der Waals surface area contributed by atoms with E-state index >= 15 is 0 Å². The number of benzene rings is 3. The molecule has 0 unspecified atom stereocenters. The Balaban J connectivity index is 1.48. The van der Waals surface area contributed by atoms with Gasteiger partial charge in [-0.1, -0.05) is 55.5 Å². The number of carbonyl (C=O) groups excluding carboxylic acids is 2. The molecule has 0 aliphatic rings. The van der Waals surface area contributed by atoms with Crippen molar-refractivity contribution in [3.05, 3.63) is 83.9 Å². The van der Waals surface area contributed by atoms with Gasteiger partial charge in [-0.3, -0.25) is 4.79 Å². The number of hydrogen-bond acceptors (Lipinski definition) is 5. The predicted octanol–water partition coefficient (Wildman–Crippen LogP) is 5.32. The lowest BCUT2D eigenvalue weighted by Crippen LogP contribution is -2.21. The third kappa shape index (κ3) is 4.23. The summed E-state index contributed by atoms with van der Waals surface area (Å²) in [6, 6.07) is 22.5. The number of amides is 1. The molecule has 1 heterocycles. The highest BCUT2D eigenvalue weighted by atomic mass is 32.1. The number of anilines is 1. The molecule has 0 aliphatic carbocycles. The zero-order chi connectivity index (χ0) is 20.9. The Kier molecular flexibility index (Phi) is 5.86. The number of esters is 1.